The molecule has 1 saturated heterocycles. The molecule has 1 atom stereocenters. The number of rotatable bonds is 4. The molecule has 156 valence electrons. The minimum Gasteiger partial charge on any atom is -0.366 e. The van der Waals surface area contributed by atoms with Crippen molar-refractivity contribution in [3.63, 3.8) is 0 Å². The number of aromatic nitrogens is 2. The van der Waals surface area contributed by atoms with E-state index < -0.39 is 23.6 Å². The zero-order chi connectivity index (χ0) is 21.3. The maximum atomic E-state index is 13.6. The second kappa shape index (κ2) is 8.13. The Hall–Kier alpha value is -3.43. The average molecular weight is 414 g/mol. The number of hydrazone groups is 1. The second-order valence-electron chi connectivity index (χ2n) is 7.33. The molecule has 4 rings (SSSR count). The van der Waals surface area contributed by atoms with Gasteiger partial charge in [-0.1, -0.05) is 0 Å². The molecule has 2 aromatic rings. The molecule has 30 heavy (non-hydrogen) atoms. The fourth-order valence-electron chi connectivity index (χ4n) is 3.80. The van der Waals surface area contributed by atoms with Gasteiger partial charge in [-0.25, -0.2) is 23.8 Å². The summed E-state index contributed by atoms with van der Waals surface area (Å²) in [6.45, 7) is 1.12. The molecule has 1 aromatic carbocycles. The third-order valence-corrected chi connectivity index (χ3v) is 5.38. The number of nitrogens with zero attached hydrogens (tertiary/aromatic N) is 5. The highest BCUT2D eigenvalue weighted by atomic mass is 19.1. The summed E-state index contributed by atoms with van der Waals surface area (Å²) in [5.41, 5.74) is 5.82. The number of hydrogen-bond acceptors (Lipinski definition) is 6. The summed E-state index contributed by atoms with van der Waals surface area (Å²) in [7, 11) is 0. The Kier molecular flexibility index (Phi) is 5.39. The molecule has 0 spiro atoms. The fraction of sp³-hybridized carbons (Fsp3) is 0.350. The largest absolute Gasteiger partial charge is 0.366 e. The first kappa shape index (κ1) is 19.9. The first-order valence-electron chi connectivity index (χ1n) is 9.60. The second-order valence-corrected chi connectivity index (χ2v) is 7.33. The summed E-state index contributed by atoms with van der Waals surface area (Å²) in [4.78, 5) is 34.4. The van der Waals surface area contributed by atoms with Crippen molar-refractivity contribution in [2.45, 2.75) is 25.3 Å². The molecule has 0 saturated carbocycles. The van der Waals surface area contributed by atoms with E-state index in [9.17, 15) is 18.4 Å². The maximum absolute atomic E-state index is 13.6. The zero-order valence-electron chi connectivity index (χ0n) is 16.0. The summed E-state index contributed by atoms with van der Waals surface area (Å²) in [5.74, 6) is -1.91. The molecule has 8 nitrogen and oxygen atoms in total. The van der Waals surface area contributed by atoms with Crippen LogP contribution in [0.4, 0.5) is 14.7 Å². The highest BCUT2D eigenvalue weighted by Crippen LogP contribution is 2.32. The SMILES string of the molecule is NC(=O)c1cnc(N2CCC(C(=O)N3N=CC[C@H]3c3cc(F)cc(F)c3)CC2)nc1. The third-order valence-electron chi connectivity index (χ3n) is 5.38. The summed E-state index contributed by atoms with van der Waals surface area (Å²) in [5, 5.41) is 5.50. The number of amides is 2. The minimum absolute atomic E-state index is 0.164. The number of primary amides is 1. The Morgan fingerprint density at radius 1 is 1.03 bits per heavy atom. The van der Waals surface area contributed by atoms with E-state index in [4.69, 9.17) is 5.73 Å². The molecule has 0 radical (unpaired) electrons. The molecule has 1 fully saturated rings. The summed E-state index contributed by atoms with van der Waals surface area (Å²) >= 11 is 0. The first-order valence-corrected chi connectivity index (χ1v) is 9.60. The van der Waals surface area contributed by atoms with Gasteiger partial charge < -0.3 is 10.6 Å². The molecule has 0 aliphatic carbocycles. The quantitative estimate of drug-likeness (QED) is 0.824. The van der Waals surface area contributed by atoms with E-state index in [1.807, 2.05) is 4.90 Å². The van der Waals surface area contributed by atoms with E-state index in [2.05, 4.69) is 15.1 Å². The van der Waals surface area contributed by atoms with Crippen LogP contribution in [0.3, 0.4) is 0 Å². The van der Waals surface area contributed by atoms with E-state index in [1.54, 1.807) is 6.21 Å². The van der Waals surface area contributed by atoms with E-state index in [-0.39, 0.29) is 17.4 Å². The van der Waals surface area contributed by atoms with Crippen LogP contribution in [0.5, 0.6) is 0 Å². The van der Waals surface area contributed by atoms with Crippen LogP contribution in [0.1, 0.15) is 41.2 Å². The van der Waals surface area contributed by atoms with Gasteiger partial charge in [0, 0.05) is 50.1 Å². The number of hydrogen-bond donors (Lipinski definition) is 1. The lowest BCUT2D eigenvalue weighted by atomic mass is 9.94. The number of anilines is 1. The van der Waals surface area contributed by atoms with Gasteiger partial charge in [0.1, 0.15) is 11.6 Å². The monoisotopic (exact) mass is 414 g/mol. The Bertz CT molecular complexity index is 969. The van der Waals surface area contributed by atoms with Crippen LogP contribution in [0.25, 0.3) is 0 Å². The Morgan fingerprint density at radius 2 is 1.67 bits per heavy atom. The van der Waals surface area contributed by atoms with Crippen molar-refractivity contribution in [3.8, 4) is 0 Å². The normalized spacial score (nSPS) is 19.3. The van der Waals surface area contributed by atoms with Crippen molar-refractivity contribution in [2.24, 2.45) is 16.8 Å². The van der Waals surface area contributed by atoms with Crippen molar-refractivity contribution in [1.29, 1.82) is 0 Å². The van der Waals surface area contributed by atoms with Gasteiger partial charge in [0.15, 0.2) is 0 Å². The summed E-state index contributed by atoms with van der Waals surface area (Å²) in [6, 6.07) is 2.76. The number of carbonyl (C=O) groups excluding carboxylic acids is 2. The number of piperidine rings is 1. The van der Waals surface area contributed by atoms with Crippen molar-refractivity contribution < 1.29 is 18.4 Å². The van der Waals surface area contributed by atoms with Crippen molar-refractivity contribution >= 4 is 24.0 Å². The van der Waals surface area contributed by atoms with Gasteiger partial charge in [-0.2, -0.15) is 5.10 Å². The molecule has 0 unspecified atom stereocenters. The van der Waals surface area contributed by atoms with E-state index in [0.29, 0.717) is 43.9 Å². The molecule has 2 aliphatic heterocycles. The standard InChI is InChI=1S/C20H20F2N6O2/c21-15-7-13(8-16(22)9-15)17-1-4-26-28(17)19(30)12-2-5-27(6-3-12)20-24-10-14(11-25-20)18(23)29/h4,7-12,17H,1-3,5-6H2,(H2,23,29)/t17-/m0/s1. The molecule has 2 N–H and O–H groups in total. The number of halogens is 2. The predicted molar refractivity (Wildman–Crippen MR) is 105 cm³/mol. The predicted octanol–water partition coefficient (Wildman–Crippen LogP) is 2.03. The third kappa shape index (κ3) is 3.98. The number of benzene rings is 1. The first-order chi connectivity index (χ1) is 14.4. The van der Waals surface area contributed by atoms with Crippen LogP contribution in [0.15, 0.2) is 35.7 Å². The van der Waals surface area contributed by atoms with E-state index in [1.165, 1.54) is 29.5 Å². The van der Waals surface area contributed by atoms with Crippen molar-refractivity contribution in [1.82, 2.24) is 15.0 Å². The van der Waals surface area contributed by atoms with Gasteiger partial charge >= 0.3 is 0 Å². The molecule has 3 heterocycles. The molecule has 2 aliphatic rings. The van der Waals surface area contributed by atoms with Crippen LogP contribution >= 0.6 is 0 Å². The van der Waals surface area contributed by atoms with Gasteiger partial charge in [-0.05, 0) is 30.5 Å². The van der Waals surface area contributed by atoms with Gasteiger partial charge in [-0.15, -0.1) is 0 Å². The lowest BCUT2D eigenvalue weighted by Gasteiger charge is -2.33. The smallest absolute Gasteiger partial charge is 0.251 e. The number of nitrogens with two attached hydrogens (primary N) is 1. The molecule has 2 amide bonds. The van der Waals surface area contributed by atoms with Crippen LogP contribution < -0.4 is 10.6 Å². The molecule has 0 bridgehead atoms. The summed E-state index contributed by atoms with van der Waals surface area (Å²) < 4.78 is 27.2. The average Bonchev–Trinajstić information content (AvgIpc) is 3.23. The van der Waals surface area contributed by atoms with Gasteiger partial charge in [0.25, 0.3) is 5.91 Å². The van der Waals surface area contributed by atoms with Gasteiger partial charge in [0.2, 0.25) is 11.9 Å². The lowest BCUT2D eigenvalue weighted by molar-refractivity contribution is -0.138. The van der Waals surface area contributed by atoms with E-state index >= 15 is 0 Å². The Morgan fingerprint density at radius 3 is 2.27 bits per heavy atom. The lowest BCUT2D eigenvalue weighted by Crippen LogP contribution is -2.41. The van der Waals surface area contributed by atoms with E-state index in [0.717, 1.165) is 6.07 Å². The van der Waals surface area contributed by atoms with Crippen LogP contribution in [0.2, 0.25) is 0 Å². The number of carbonyl (C=O) groups is 2. The van der Waals surface area contributed by atoms with Crippen LogP contribution in [0, 0.1) is 17.6 Å². The van der Waals surface area contributed by atoms with Crippen molar-refractivity contribution in [3.05, 3.63) is 53.4 Å². The summed E-state index contributed by atoms with van der Waals surface area (Å²) in [6.07, 6.45) is 5.89. The van der Waals surface area contributed by atoms with Crippen molar-refractivity contribution in [2.75, 3.05) is 18.0 Å². The topological polar surface area (TPSA) is 105 Å². The van der Waals surface area contributed by atoms with Gasteiger partial charge in [0.05, 0.1) is 11.6 Å². The maximum Gasteiger partial charge on any atom is 0.251 e. The molecule has 10 heteroatoms. The molecular weight excluding hydrogens is 394 g/mol. The van der Waals surface area contributed by atoms with Crippen LogP contribution in [-0.4, -0.2) is 46.1 Å². The fourth-order valence-corrected chi connectivity index (χ4v) is 3.80. The molecule has 1 aromatic heterocycles. The highest BCUT2D eigenvalue weighted by molar-refractivity contribution is 5.92. The van der Waals surface area contributed by atoms with Gasteiger partial charge in [-0.3, -0.25) is 9.59 Å². The molecular formula is C20H20F2N6O2. The highest BCUT2D eigenvalue weighted by Gasteiger charge is 2.35. The Labute approximate surface area is 171 Å². The zero-order valence-corrected chi connectivity index (χ0v) is 16.0. The minimum atomic E-state index is -0.681. The van der Waals surface area contributed by atoms with Crippen LogP contribution in [-0.2, 0) is 4.79 Å². The Balaban J connectivity index is 1.41.